The van der Waals surface area contributed by atoms with Crippen molar-refractivity contribution in [2.75, 3.05) is 5.32 Å². The van der Waals surface area contributed by atoms with Crippen LogP contribution >= 0.6 is 11.3 Å². The van der Waals surface area contributed by atoms with E-state index in [9.17, 15) is 14.9 Å². The van der Waals surface area contributed by atoms with Crippen LogP contribution in [-0.2, 0) is 0 Å². The van der Waals surface area contributed by atoms with Gasteiger partial charge in [-0.1, -0.05) is 18.2 Å². The van der Waals surface area contributed by atoms with Gasteiger partial charge in [-0.15, -0.1) is 11.3 Å². The van der Waals surface area contributed by atoms with Crippen molar-refractivity contribution in [3.05, 3.63) is 62.3 Å². The third kappa shape index (κ3) is 2.62. The minimum atomic E-state index is -0.704. The van der Waals surface area contributed by atoms with Crippen LogP contribution in [-0.4, -0.2) is 5.91 Å². The van der Waals surface area contributed by atoms with Crippen LogP contribution in [0.4, 0.5) is 5.00 Å². The molecule has 0 aliphatic carbocycles. The maximum atomic E-state index is 12.4. The van der Waals surface area contributed by atoms with Crippen molar-refractivity contribution in [3.63, 3.8) is 0 Å². The largest absolute Gasteiger partial charge is 0.422 e. The van der Waals surface area contributed by atoms with Crippen LogP contribution in [0.3, 0.4) is 0 Å². The van der Waals surface area contributed by atoms with Crippen LogP contribution in [0.5, 0.6) is 0 Å². The van der Waals surface area contributed by atoms with Gasteiger partial charge in [-0.3, -0.25) is 4.79 Å². The lowest BCUT2D eigenvalue weighted by Gasteiger charge is -2.03. The second-order valence-electron chi connectivity index (χ2n) is 5.04. The Morgan fingerprint density at radius 2 is 2.04 bits per heavy atom. The lowest BCUT2D eigenvalue weighted by atomic mass is 10.1. The van der Waals surface area contributed by atoms with Gasteiger partial charge in [0.1, 0.15) is 22.2 Å². The first kappa shape index (κ1) is 15.0. The Morgan fingerprint density at radius 1 is 1.30 bits per heavy atom. The highest BCUT2D eigenvalue weighted by atomic mass is 32.1. The molecule has 0 fully saturated rings. The number of nitrogens with zero attached hydrogens (tertiary/aromatic N) is 1. The van der Waals surface area contributed by atoms with Gasteiger partial charge >= 0.3 is 5.63 Å². The number of fused-ring (bicyclic) bond motifs is 1. The molecule has 1 N–H and O–H groups in total. The zero-order valence-electron chi connectivity index (χ0n) is 12.5. The maximum absolute atomic E-state index is 12.4. The summed E-state index contributed by atoms with van der Waals surface area (Å²) in [6.07, 6.45) is 0. The predicted molar refractivity (Wildman–Crippen MR) is 88.9 cm³/mol. The fourth-order valence-electron chi connectivity index (χ4n) is 2.24. The van der Waals surface area contributed by atoms with Crippen molar-refractivity contribution in [1.82, 2.24) is 0 Å². The number of amides is 1. The van der Waals surface area contributed by atoms with E-state index in [0.29, 0.717) is 21.5 Å². The van der Waals surface area contributed by atoms with Gasteiger partial charge in [-0.05, 0) is 31.5 Å². The number of benzene rings is 1. The molecule has 5 nitrogen and oxygen atoms in total. The Bertz CT molecular complexity index is 1020. The van der Waals surface area contributed by atoms with Gasteiger partial charge in [0.2, 0.25) is 0 Å². The number of carbonyl (C=O) groups is 1. The summed E-state index contributed by atoms with van der Waals surface area (Å²) in [4.78, 5) is 25.3. The summed E-state index contributed by atoms with van der Waals surface area (Å²) in [5.41, 5.74) is 0.889. The second kappa shape index (κ2) is 5.71. The number of para-hydroxylation sites is 1. The van der Waals surface area contributed by atoms with Gasteiger partial charge in [0.25, 0.3) is 5.91 Å². The number of rotatable bonds is 2. The molecule has 23 heavy (non-hydrogen) atoms. The number of hydrogen-bond donors (Lipinski definition) is 1. The zero-order valence-corrected chi connectivity index (χ0v) is 13.3. The number of thiophene rings is 1. The molecule has 0 aliphatic heterocycles. The van der Waals surface area contributed by atoms with Gasteiger partial charge in [-0.2, -0.15) is 5.26 Å². The van der Waals surface area contributed by atoms with E-state index in [2.05, 4.69) is 11.4 Å². The van der Waals surface area contributed by atoms with Crippen LogP contribution in [0.25, 0.3) is 11.0 Å². The molecule has 0 spiro atoms. The molecule has 0 unspecified atom stereocenters. The third-order valence-corrected chi connectivity index (χ3v) is 4.73. The van der Waals surface area contributed by atoms with E-state index in [1.807, 2.05) is 13.8 Å². The van der Waals surface area contributed by atoms with Gasteiger partial charge in [0.15, 0.2) is 0 Å². The molecule has 0 bridgehead atoms. The summed E-state index contributed by atoms with van der Waals surface area (Å²) in [5.74, 6) is -0.581. The van der Waals surface area contributed by atoms with E-state index in [0.717, 1.165) is 10.4 Å². The van der Waals surface area contributed by atoms with Gasteiger partial charge in [0, 0.05) is 10.3 Å². The summed E-state index contributed by atoms with van der Waals surface area (Å²) in [5, 5.41) is 13.0. The zero-order chi connectivity index (χ0) is 16.6. The molecule has 114 valence electrons. The van der Waals surface area contributed by atoms with E-state index in [1.165, 1.54) is 17.4 Å². The SMILES string of the molecule is Cc1sc(NC(=O)c2cc3ccccc3oc2=O)c(C#N)c1C. The fourth-order valence-corrected chi connectivity index (χ4v) is 3.25. The number of nitriles is 1. The monoisotopic (exact) mass is 324 g/mol. The molecule has 0 saturated carbocycles. The Morgan fingerprint density at radius 3 is 2.78 bits per heavy atom. The first-order valence-electron chi connectivity index (χ1n) is 6.85. The molecule has 0 saturated heterocycles. The molecule has 3 aromatic rings. The molecular weight excluding hydrogens is 312 g/mol. The standard InChI is InChI=1S/C17H12N2O3S/c1-9-10(2)23-16(13(9)8-18)19-15(20)12-7-11-5-3-4-6-14(11)22-17(12)21/h3-7H,1-2H3,(H,19,20). The van der Waals surface area contributed by atoms with E-state index in [4.69, 9.17) is 4.42 Å². The van der Waals surface area contributed by atoms with Gasteiger partial charge < -0.3 is 9.73 Å². The van der Waals surface area contributed by atoms with Crippen LogP contribution in [0.1, 0.15) is 26.4 Å². The number of anilines is 1. The Balaban J connectivity index is 2.02. The summed E-state index contributed by atoms with van der Waals surface area (Å²) in [7, 11) is 0. The van der Waals surface area contributed by atoms with Crippen molar-refractivity contribution in [1.29, 1.82) is 5.26 Å². The number of carbonyl (C=O) groups excluding carboxylic acids is 1. The Labute approximate surface area is 135 Å². The Hall–Kier alpha value is -2.91. The highest BCUT2D eigenvalue weighted by molar-refractivity contribution is 7.16. The highest BCUT2D eigenvalue weighted by Crippen LogP contribution is 2.31. The molecule has 2 heterocycles. The fraction of sp³-hybridized carbons (Fsp3) is 0.118. The highest BCUT2D eigenvalue weighted by Gasteiger charge is 2.18. The molecule has 0 radical (unpaired) electrons. The van der Waals surface area contributed by atoms with Gasteiger partial charge in [-0.25, -0.2) is 4.79 Å². The lowest BCUT2D eigenvalue weighted by Crippen LogP contribution is -2.20. The van der Waals surface area contributed by atoms with Crippen molar-refractivity contribution in [3.8, 4) is 6.07 Å². The van der Waals surface area contributed by atoms with Crippen LogP contribution in [0.15, 0.2) is 39.5 Å². The molecule has 3 rings (SSSR count). The molecule has 6 heteroatoms. The lowest BCUT2D eigenvalue weighted by molar-refractivity contribution is 0.102. The minimum Gasteiger partial charge on any atom is -0.422 e. The summed E-state index contributed by atoms with van der Waals surface area (Å²) in [6, 6.07) is 10.5. The molecule has 1 amide bonds. The van der Waals surface area contributed by atoms with Crippen molar-refractivity contribution < 1.29 is 9.21 Å². The van der Waals surface area contributed by atoms with Crippen molar-refractivity contribution in [2.24, 2.45) is 0 Å². The topological polar surface area (TPSA) is 83.1 Å². The van der Waals surface area contributed by atoms with Crippen molar-refractivity contribution >= 4 is 33.2 Å². The average molecular weight is 324 g/mol. The van der Waals surface area contributed by atoms with E-state index < -0.39 is 11.5 Å². The normalized spacial score (nSPS) is 10.5. The van der Waals surface area contributed by atoms with E-state index >= 15 is 0 Å². The van der Waals surface area contributed by atoms with Crippen molar-refractivity contribution in [2.45, 2.75) is 13.8 Å². The number of hydrogen-bond acceptors (Lipinski definition) is 5. The van der Waals surface area contributed by atoms with E-state index in [1.54, 1.807) is 24.3 Å². The third-order valence-electron chi connectivity index (χ3n) is 3.61. The summed E-state index contributed by atoms with van der Waals surface area (Å²) >= 11 is 1.31. The second-order valence-corrected chi connectivity index (χ2v) is 6.26. The quantitative estimate of drug-likeness (QED) is 0.730. The minimum absolute atomic E-state index is 0.0868. The van der Waals surface area contributed by atoms with Gasteiger partial charge in [0.05, 0.1) is 5.56 Å². The predicted octanol–water partition coefficient (Wildman–Crippen LogP) is 3.60. The van der Waals surface area contributed by atoms with Crippen LogP contribution in [0, 0.1) is 25.2 Å². The molecule has 1 aromatic carbocycles. The first-order chi connectivity index (χ1) is 11.0. The van der Waals surface area contributed by atoms with Crippen LogP contribution in [0.2, 0.25) is 0 Å². The summed E-state index contributed by atoms with van der Waals surface area (Å²) in [6.45, 7) is 3.70. The maximum Gasteiger partial charge on any atom is 0.349 e. The molecule has 2 aromatic heterocycles. The molecule has 0 aliphatic rings. The average Bonchev–Trinajstić information content (AvgIpc) is 2.80. The van der Waals surface area contributed by atoms with E-state index in [-0.39, 0.29) is 5.56 Å². The molecular formula is C17H12N2O3S. The molecule has 0 atom stereocenters. The first-order valence-corrected chi connectivity index (χ1v) is 7.67. The number of nitrogens with one attached hydrogen (secondary N) is 1. The number of aryl methyl sites for hydroxylation is 1. The van der Waals surface area contributed by atoms with Crippen LogP contribution < -0.4 is 10.9 Å². The smallest absolute Gasteiger partial charge is 0.349 e. The Kier molecular flexibility index (Phi) is 3.72. The summed E-state index contributed by atoms with van der Waals surface area (Å²) < 4.78 is 5.16.